The molecule has 0 fully saturated rings. The summed E-state index contributed by atoms with van der Waals surface area (Å²) in [5.74, 6) is 0.181. The Kier molecular flexibility index (Phi) is 6.53. The van der Waals surface area contributed by atoms with Gasteiger partial charge >= 0.3 is 0 Å². The minimum Gasteiger partial charge on any atom is -0.329 e. The maximum Gasteiger partial charge on any atom is 0.176 e. The fourth-order valence-corrected chi connectivity index (χ4v) is 3.84. The molecule has 0 saturated carbocycles. The van der Waals surface area contributed by atoms with Crippen LogP contribution in [0, 0.1) is 19.7 Å². The Morgan fingerprint density at radius 3 is 2.53 bits per heavy atom. The van der Waals surface area contributed by atoms with E-state index in [1.165, 1.54) is 11.6 Å². The van der Waals surface area contributed by atoms with Gasteiger partial charge in [-0.3, -0.25) is 9.36 Å². The van der Waals surface area contributed by atoms with Crippen molar-refractivity contribution in [2.75, 3.05) is 10.6 Å². The highest BCUT2D eigenvalue weighted by Crippen LogP contribution is 2.22. The summed E-state index contributed by atoms with van der Waals surface area (Å²) in [6.07, 6.45) is 1.74. The van der Waals surface area contributed by atoms with E-state index in [1.807, 2.05) is 36.7 Å². The Balaban J connectivity index is 1.41. The summed E-state index contributed by atoms with van der Waals surface area (Å²) in [5.41, 5.74) is 4.25. The predicted octanol–water partition coefficient (Wildman–Crippen LogP) is 5.39. The molecule has 0 aliphatic rings. The first-order valence-electron chi connectivity index (χ1n) is 10.0. The zero-order chi connectivity index (χ0) is 22.7. The molecule has 2 aromatic carbocycles. The van der Waals surface area contributed by atoms with Gasteiger partial charge in [-0.05, 0) is 43.8 Å². The minimum absolute atomic E-state index is 0.220. The van der Waals surface area contributed by atoms with Crippen LogP contribution in [0.2, 0.25) is 5.02 Å². The highest BCUT2D eigenvalue weighted by molar-refractivity contribution is 7.80. The van der Waals surface area contributed by atoms with Crippen molar-refractivity contribution in [2.45, 2.75) is 26.9 Å². The average molecular weight is 469 g/mol. The van der Waals surface area contributed by atoms with Crippen molar-refractivity contribution >= 4 is 40.4 Å². The molecule has 0 radical (unpaired) electrons. The van der Waals surface area contributed by atoms with Crippen LogP contribution in [0.1, 0.15) is 22.5 Å². The quantitative estimate of drug-likeness (QED) is 0.371. The van der Waals surface area contributed by atoms with Crippen molar-refractivity contribution in [3.63, 3.8) is 0 Å². The third-order valence-corrected chi connectivity index (χ3v) is 5.62. The SMILES string of the molecule is Cc1nn(Cc2ccccc2)c(C)c1NC(=S)Nc1ccn(Cc2c(F)cccc2Cl)n1. The third kappa shape index (κ3) is 4.98. The molecule has 2 aromatic heterocycles. The summed E-state index contributed by atoms with van der Waals surface area (Å²) in [4.78, 5) is 0. The first-order valence-corrected chi connectivity index (χ1v) is 10.8. The first kappa shape index (κ1) is 22.0. The fourth-order valence-electron chi connectivity index (χ4n) is 3.41. The normalized spacial score (nSPS) is 10.9. The zero-order valence-corrected chi connectivity index (χ0v) is 19.2. The van der Waals surface area contributed by atoms with Crippen LogP contribution < -0.4 is 10.6 Å². The topological polar surface area (TPSA) is 59.7 Å². The Bertz CT molecular complexity index is 1230. The lowest BCUT2D eigenvalue weighted by atomic mass is 10.2. The molecule has 0 spiro atoms. The molecule has 32 heavy (non-hydrogen) atoms. The van der Waals surface area contributed by atoms with Crippen LogP contribution >= 0.6 is 23.8 Å². The van der Waals surface area contributed by atoms with Gasteiger partial charge in [0.1, 0.15) is 5.82 Å². The second-order valence-electron chi connectivity index (χ2n) is 7.37. The van der Waals surface area contributed by atoms with Gasteiger partial charge < -0.3 is 10.6 Å². The molecule has 4 aromatic rings. The molecule has 0 atom stereocenters. The van der Waals surface area contributed by atoms with Gasteiger partial charge in [-0.2, -0.15) is 10.2 Å². The fraction of sp³-hybridized carbons (Fsp3) is 0.174. The van der Waals surface area contributed by atoms with Crippen molar-refractivity contribution < 1.29 is 4.39 Å². The van der Waals surface area contributed by atoms with Gasteiger partial charge in [0, 0.05) is 22.8 Å². The summed E-state index contributed by atoms with van der Waals surface area (Å²) in [5, 5.41) is 16.1. The Morgan fingerprint density at radius 1 is 1.00 bits per heavy atom. The number of hydrogen-bond acceptors (Lipinski definition) is 3. The summed E-state index contributed by atoms with van der Waals surface area (Å²) in [6, 6.07) is 16.5. The number of aromatic nitrogens is 4. The van der Waals surface area contributed by atoms with Gasteiger partial charge in [-0.1, -0.05) is 48.0 Å². The van der Waals surface area contributed by atoms with Crippen LogP contribution in [0.25, 0.3) is 0 Å². The molecule has 4 rings (SSSR count). The zero-order valence-electron chi connectivity index (χ0n) is 17.6. The number of rotatable bonds is 6. The molecule has 2 heterocycles. The van der Waals surface area contributed by atoms with Crippen LogP contribution in [0.4, 0.5) is 15.9 Å². The number of aryl methyl sites for hydroxylation is 1. The van der Waals surface area contributed by atoms with Gasteiger partial charge in [0.15, 0.2) is 10.9 Å². The number of nitrogens with one attached hydrogen (secondary N) is 2. The highest BCUT2D eigenvalue weighted by Gasteiger charge is 2.14. The third-order valence-electron chi connectivity index (χ3n) is 5.06. The molecule has 0 aliphatic carbocycles. The Hall–Kier alpha value is -3.23. The molecule has 0 unspecified atom stereocenters. The molecule has 9 heteroatoms. The molecular formula is C23H22ClFN6S. The van der Waals surface area contributed by atoms with E-state index in [0.717, 1.165) is 17.1 Å². The van der Waals surface area contributed by atoms with Crippen LogP contribution in [0.15, 0.2) is 60.8 Å². The number of nitrogens with zero attached hydrogens (tertiary/aromatic N) is 4. The Morgan fingerprint density at radius 2 is 1.78 bits per heavy atom. The number of thiocarbonyl (C=S) groups is 1. The van der Waals surface area contributed by atoms with Gasteiger partial charge in [0.25, 0.3) is 0 Å². The van der Waals surface area contributed by atoms with Gasteiger partial charge in [0.2, 0.25) is 0 Å². The van der Waals surface area contributed by atoms with Crippen molar-refractivity contribution in [1.29, 1.82) is 0 Å². The van der Waals surface area contributed by atoms with E-state index in [4.69, 9.17) is 23.8 Å². The molecule has 0 saturated heterocycles. The van der Waals surface area contributed by atoms with E-state index < -0.39 is 0 Å². The minimum atomic E-state index is -0.363. The van der Waals surface area contributed by atoms with Crippen LogP contribution in [0.3, 0.4) is 0 Å². The van der Waals surface area contributed by atoms with Gasteiger partial charge in [0.05, 0.1) is 30.2 Å². The molecule has 2 N–H and O–H groups in total. The lowest BCUT2D eigenvalue weighted by Gasteiger charge is -2.10. The van der Waals surface area contributed by atoms with E-state index in [2.05, 4.69) is 33.0 Å². The van der Waals surface area contributed by atoms with E-state index in [0.29, 0.717) is 28.1 Å². The summed E-state index contributed by atoms with van der Waals surface area (Å²) in [6.45, 7) is 4.84. The maximum atomic E-state index is 14.0. The molecule has 6 nitrogen and oxygen atoms in total. The maximum absolute atomic E-state index is 14.0. The number of halogens is 2. The van der Waals surface area contributed by atoms with Gasteiger partial charge in [-0.25, -0.2) is 4.39 Å². The van der Waals surface area contributed by atoms with Crippen molar-refractivity contribution in [2.24, 2.45) is 0 Å². The van der Waals surface area contributed by atoms with E-state index in [-0.39, 0.29) is 12.4 Å². The average Bonchev–Trinajstić information content (AvgIpc) is 3.31. The van der Waals surface area contributed by atoms with Crippen LogP contribution in [0.5, 0.6) is 0 Å². The van der Waals surface area contributed by atoms with E-state index >= 15 is 0 Å². The summed E-state index contributed by atoms with van der Waals surface area (Å²) < 4.78 is 17.6. The molecule has 0 bridgehead atoms. The van der Waals surface area contributed by atoms with Gasteiger partial charge in [-0.15, -0.1) is 0 Å². The van der Waals surface area contributed by atoms with E-state index in [1.54, 1.807) is 29.1 Å². The lowest BCUT2D eigenvalue weighted by Crippen LogP contribution is -2.20. The number of benzene rings is 2. The second-order valence-corrected chi connectivity index (χ2v) is 8.18. The highest BCUT2D eigenvalue weighted by atomic mass is 35.5. The molecule has 0 amide bonds. The van der Waals surface area contributed by atoms with E-state index in [9.17, 15) is 4.39 Å². The van der Waals surface area contributed by atoms with Crippen LogP contribution in [-0.4, -0.2) is 24.7 Å². The van der Waals surface area contributed by atoms with Crippen molar-refractivity contribution in [3.05, 3.63) is 94.1 Å². The number of hydrogen-bond donors (Lipinski definition) is 2. The lowest BCUT2D eigenvalue weighted by molar-refractivity contribution is 0.586. The van der Waals surface area contributed by atoms with Crippen molar-refractivity contribution in [1.82, 2.24) is 19.6 Å². The first-order chi connectivity index (χ1) is 15.4. The molecule has 0 aliphatic heterocycles. The smallest absolute Gasteiger partial charge is 0.176 e. The Labute approximate surface area is 196 Å². The monoisotopic (exact) mass is 468 g/mol. The summed E-state index contributed by atoms with van der Waals surface area (Å²) >= 11 is 11.6. The van der Waals surface area contributed by atoms with Crippen molar-refractivity contribution in [3.8, 4) is 0 Å². The van der Waals surface area contributed by atoms with Crippen LogP contribution in [-0.2, 0) is 13.1 Å². The summed E-state index contributed by atoms with van der Waals surface area (Å²) in [7, 11) is 0. The standard InChI is InChI=1S/C23H22ClFN6S/c1-15-22(16(2)31(28-15)13-17-7-4-3-5-8-17)27-23(32)26-21-11-12-30(29-21)14-18-19(24)9-6-10-20(18)25/h3-12H,13-14H2,1-2H3,(H2,26,27,29,32). The number of anilines is 2. The molecule has 164 valence electrons. The largest absolute Gasteiger partial charge is 0.329 e. The second kappa shape index (κ2) is 9.50. The predicted molar refractivity (Wildman–Crippen MR) is 130 cm³/mol. The molecular weight excluding hydrogens is 447 g/mol.